The molecule has 0 saturated heterocycles. The SMILES string of the molecule is COC(=O)c1cccc(NCc2cscc2C)c1N. The van der Waals surface area contributed by atoms with Gasteiger partial charge in [0.25, 0.3) is 0 Å². The number of thiophene rings is 1. The van der Waals surface area contributed by atoms with Crippen LogP contribution in [-0.4, -0.2) is 13.1 Å². The molecule has 0 spiro atoms. The van der Waals surface area contributed by atoms with Crippen LogP contribution in [0.15, 0.2) is 29.0 Å². The number of nitrogens with one attached hydrogen (secondary N) is 1. The van der Waals surface area contributed by atoms with Crippen LogP contribution in [0.4, 0.5) is 11.4 Å². The molecule has 19 heavy (non-hydrogen) atoms. The number of carbonyl (C=O) groups is 1. The summed E-state index contributed by atoms with van der Waals surface area (Å²) < 4.78 is 4.70. The van der Waals surface area contributed by atoms with Crippen LogP contribution in [0.3, 0.4) is 0 Å². The Balaban J connectivity index is 2.17. The number of ether oxygens (including phenoxy) is 1. The molecule has 0 atom stereocenters. The van der Waals surface area contributed by atoms with Gasteiger partial charge in [0.15, 0.2) is 0 Å². The second-order valence-corrected chi connectivity index (χ2v) is 4.94. The van der Waals surface area contributed by atoms with Crippen LogP contribution < -0.4 is 11.1 Å². The van der Waals surface area contributed by atoms with Gasteiger partial charge in [-0.25, -0.2) is 4.79 Å². The quantitative estimate of drug-likeness (QED) is 0.665. The Hall–Kier alpha value is -2.01. The predicted molar refractivity (Wildman–Crippen MR) is 78.6 cm³/mol. The molecule has 0 unspecified atom stereocenters. The van der Waals surface area contributed by atoms with Gasteiger partial charge in [-0.15, -0.1) is 0 Å². The van der Waals surface area contributed by atoms with E-state index in [0.717, 1.165) is 5.69 Å². The van der Waals surface area contributed by atoms with Gasteiger partial charge in [-0.2, -0.15) is 11.3 Å². The van der Waals surface area contributed by atoms with Crippen LogP contribution in [0.5, 0.6) is 0 Å². The Morgan fingerprint density at radius 1 is 1.42 bits per heavy atom. The van der Waals surface area contributed by atoms with E-state index >= 15 is 0 Å². The lowest BCUT2D eigenvalue weighted by Gasteiger charge is -2.11. The van der Waals surface area contributed by atoms with E-state index < -0.39 is 5.97 Å². The number of rotatable bonds is 4. The molecule has 1 aromatic heterocycles. The number of para-hydroxylation sites is 1. The largest absolute Gasteiger partial charge is 0.465 e. The second kappa shape index (κ2) is 5.75. The number of methoxy groups -OCH3 is 1. The first kappa shape index (κ1) is 13.4. The number of nitrogen functional groups attached to an aromatic ring is 1. The molecule has 2 aromatic rings. The third-order valence-electron chi connectivity index (χ3n) is 2.94. The van der Waals surface area contributed by atoms with E-state index in [-0.39, 0.29) is 0 Å². The molecule has 5 heteroatoms. The lowest BCUT2D eigenvalue weighted by molar-refractivity contribution is 0.0602. The normalized spacial score (nSPS) is 10.2. The van der Waals surface area contributed by atoms with Crippen molar-refractivity contribution >= 4 is 28.7 Å². The lowest BCUT2D eigenvalue weighted by atomic mass is 10.1. The zero-order valence-electron chi connectivity index (χ0n) is 10.9. The Morgan fingerprint density at radius 3 is 2.84 bits per heavy atom. The molecular formula is C14H16N2O2S. The standard InChI is InChI=1S/C14H16N2O2S/c1-9-7-19-8-10(9)6-16-12-5-3-4-11(13(12)15)14(17)18-2/h3-5,7-8,16H,6,15H2,1-2H3. The zero-order chi connectivity index (χ0) is 13.8. The molecule has 1 heterocycles. The number of anilines is 2. The first-order valence-electron chi connectivity index (χ1n) is 5.86. The maximum Gasteiger partial charge on any atom is 0.340 e. The van der Waals surface area contributed by atoms with Gasteiger partial charge in [-0.1, -0.05) is 6.07 Å². The van der Waals surface area contributed by atoms with E-state index in [0.29, 0.717) is 17.8 Å². The Kier molecular flexibility index (Phi) is 4.06. The van der Waals surface area contributed by atoms with Crippen molar-refractivity contribution in [2.24, 2.45) is 0 Å². The van der Waals surface area contributed by atoms with Gasteiger partial charge >= 0.3 is 5.97 Å². The fourth-order valence-corrected chi connectivity index (χ4v) is 2.62. The topological polar surface area (TPSA) is 64.3 Å². The van der Waals surface area contributed by atoms with Crippen molar-refractivity contribution in [2.45, 2.75) is 13.5 Å². The van der Waals surface area contributed by atoms with Crippen LogP contribution in [0.25, 0.3) is 0 Å². The molecule has 0 aliphatic heterocycles. The van der Waals surface area contributed by atoms with Crippen molar-refractivity contribution in [2.75, 3.05) is 18.2 Å². The molecule has 0 radical (unpaired) electrons. The van der Waals surface area contributed by atoms with E-state index in [1.165, 1.54) is 18.2 Å². The number of aryl methyl sites for hydroxylation is 1. The van der Waals surface area contributed by atoms with E-state index in [2.05, 4.69) is 23.0 Å². The molecule has 100 valence electrons. The average molecular weight is 276 g/mol. The van der Waals surface area contributed by atoms with Gasteiger partial charge in [0, 0.05) is 6.54 Å². The Labute approximate surface area is 116 Å². The Bertz CT molecular complexity index is 593. The minimum absolute atomic E-state index is 0.384. The smallest absolute Gasteiger partial charge is 0.340 e. The van der Waals surface area contributed by atoms with E-state index in [1.807, 2.05) is 6.07 Å². The van der Waals surface area contributed by atoms with Crippen LogP contribution in [0, 0.1) is 6.92 Å². The van der Waals surface area contributed by atoms with E-state index in [9.17, 15) is 4.79 Å². The van der Waals surface area contributed by atoms with E-state index in [4.69, 9.17) is 10.5 Å². The molecular weight excluding hydrogens is 260 g/mol. The molecule has 4 nitrogen and oxygen atoms in total. The first-order chi connectivity index (χ1) is 9.13. The van der Waals surface area contributed by atoms with Crippen LogP contribution in [0.2, 0.25) is 0 Å². The third-order valence-corrected chi connectivity index (χ3v) is 3.85. The van der Waals surface area contributed by atoms with Gasteiger partial charge in [-0.3, -0.25) is 0 Å². The summed E-state index contributed by atoms with van der Waals surface area (Å²) in [6, 6.07) is 5.29. The van der Waals surface area contributed by atoms with Crippen molar-refractivity contribution in [3.8, 4) is 0 Å². The summed E-state index contributed by atoms with van der Waals surface area (Å²) in [5, 5.41) is 7.45. The summed E-state index contributed by atoms with van der Waals surface area (Å²) in [5.74, 6) is -0.423. The minimum atomic E-state index is -0.423. The predicted octanol–water partition coefficient (Wildman–Crippen LogP) is 3.04. The number of esters is 1. The summed E-state index contributed by atoms with van der Waals surface area (Å²) in [6.07, 6.45) is 0. The number of carbonyl (C=O) groups excluding carboxylic acids is 1. The first-order valence-corrected chi connectivity index (χ1v) is 6.80. The number of nitrogens with two attached hydrogens (primary N) is 1. The third kappa shape index (κ3) is 2.88. The van der Waals surface area contributed by atoms with Gasteiger partial charge in [0.05, 0.1) is 24.0 Å². The number of hydrogen-bond donors (Lipinski definition) is 2. The van der Waals surface area contributed by atoms with Crippen molar-refractivity contribution in [1.82, 2.24) is 0 Å². The van der Waals surface area contributed by atoms with Crippen LogP contribution >= 0.6 is 11.3 Å². The summed E-state index contributed by atoms with van der Waals surface area (Å²) in [6.45, 7) is 2.76. The van der Waals surface area contributed by atoms with Crippen molar-refractivity contribution in [3.05, 3.63) is 45.6 Å². The monoisotopic (exact) mass is 276 g/mol. The van der Waals surface area contributed by atoms with Crippen molar-refractivity contribution in [1.29, 1.82) is 0 Å². The number of hydrogen-bond acceptors (Lipinski definition) is 5. The van der Waals surface area contributed by atoms with Gasteiger partial charge in [-0.05, 0) is 40.9 Å². The highest BCUT2D eigenvalue weighted by atomic mass is 32.1. The fraction of sp³-hybridized carbons (Fsp3) is 0.214. The molecule has 0 aliphatic carbocycles. The van der Waals surface area contributed by atoms with Crippen molar-refractivity contribution < 1.29 is 9.53 Å². The summed E-state index contributed by atoms with van der Waals surface area (Å²) >= 11 is 1.67. The van der Waals surface area contributed by atoms with Crippen molar-refractivity contribution in [3.63, 3.8) is 0 Å². The Morgan fingerprint density at radius 2 is 2.21 bits per heavy atom. The second-order valence-electron chi connectivity index (χ2n) is 4.19. The molecule has 2 rings (SSSR count). The molecule has 0 amide bonds. The molecule has 3 N–H and O–H groups in total. The minimum Gasteiger partial charge on any atom is -0.465 e. The zero-order valence-corrected chi connectivity index (χ0v) is 11.7. The number of benzene rings is 1. The maximum atomic E-state index is 11.5. The summed E-state index contributed by atoms with van der Waals surface area (Å²) in [5.41, 5.74) is 10.0. The van der Waals surface area contributed by atoms with E-state index in [1.54, 1.807) is 23.5 Å². The van der Waals surface area contributed by atoms with Crippen LogP contribution in [-0.2, 0) is 11.3 Å². The summed E-state index contributed by atoms with van der Waals surface area (Å²) in [7, 11) is 1.34. The molecule has 0 saturated carbocycles. The highest BCUT2D eigenvalue weighted by Crippen LogP contribution is 2.24. The lowest BCUT2D eigenvalue weighted by Crippen LogP contribution is -2.09. The van der Waals surface area contributed by atoms with Gasteiger partial charge in [0.1, 0.15) is 0 Å². The summed E-state index contributed by atoms with van der Waals surface area (Å²) in [4.78, 5) is 11.5. The fourth-order valence-electron chi connectivity index (χ4n) is 1.77. The highest BCUT2D eigenvalue weighted by molar-refractivity contribution is 7.08. The highest BCUT2D eigenvalue weighted by Gasteiger charge is 2.12. The van der Waals surface area contributed by atoms with Crippen LogP contribution in [0.1, 0.15) is 21.5 Å². The van der Waals surface area contributed by atoms with Gasteiger partial charge in [0.2, 0.25) is 0 Å². The molecule has 0 aliphatic rings. The average Bonchev–Trinajstić information content (AvgIpc) is 2.82. The van der Waals surface area contributed by atoms with Gasteiger partial charge < -0.3 is 15.8 Å². The molecule has 1 aromatic carbocycles. The maximum absolute atomic E-state index is 11.5. The molecule has 0 bridgehead atoms. The molecule has 0 fully saturated rings.